The van der Waals surface area contributed by atoms with E-state index < -0.39 is 0 Å². The van der Waals surface area contributed by atoms with Gasteiger partial charge in [0.1, 0.15) is 6.26 Å². The number of aromatic nitrogens is 1. The monoisotopic (exact) mass is 296 g/mol. The highest BCUT2D eigenvalue weighted by atomic mass is 35.5. The smallest absolute Gasteiger partial charge is 0.226 e. The molecule has 0 saturated carbocycles. The van der Waals surface area contributed by atoms with Crippen LogP contribution in [0.3, 0.4) is 0 Å². The standard InChI is InChI=1S/C14H17ClN2OS/c1-2-12(16)8-19-9-13-7-18-14(17-13)10-4-3-5-11(15)6-10/h3-7,12H,2,8-9,16H2,1H3. The molecule has 2 aromatic rings. The maximum Gasteiger partial charge on any atom is 0.226 e. The summed E-state index contributed by atoms with van der Waals surface area (Å²) >= 11 is 7.73. The zero-order chi connectivity index (χ0) is 13.7. The molecule has 1 heterocycles. The van der Waals surface area contributed by atoms with Crippen molar-refractivity contribution in [2.24, 2.45) is 5.73 Å². The van der Waals surface area contributed by atoms with E-state index in [1.807, 2.05) is 24.3 Å². The van der Waals surface area contributed by atoms with Gasteiger partial charge in [0, 0.05) is 28.1 Å². The number of nitrogens with two attached hydrogens (primary N) is 1. The Kier molecular flexibility index (Phi) is 5.31. The van der Waals surface area contributed by atoms with Crippen molar-refractivity contribution in [3.8, 4) is 11.5 Å². The summed E-state index contributed by atoms with van der Waals surface area (Å²) in [5.41, 5.74) is 7.70. The molecule has 2 rings (SSSR count). The second-order valence-corrected chi connectivity index (χ2v) is 5.80. The van der Waals surface area contributed by atoms with Gasteiger partial charge in [-0.25, -0.2) is 4.98 Å². The summed E-state index contributed by atoms with van der Waals surface area (Å²) in [5.74, 6) is 2.37. The number of oxazole rings is 1. The lowest BCUT2D eigenvalue weighted by atomic mass is 10.2. The van der Waals surface area contributed by atoms with Gasteiger partial charge < -0.3 is 10.2 Å². The Morgan fingerprint density at radius 2 is 2.32 bits per heavy atom. The number of rotatable bonds is 6. The molecule has 0 aliphatic rings. The average molecular weight is 297 g/mol. The number of nitrogens with zero attached hydrogens (tertiary/aromatic N) is 1. The van der Waals surface area contributed by atoms with Gasteiger partial charge in [0.25, 0.3) is 0 Å². The van der Waals surface area contributed by atoms with E-state index in [1.165, 1.54) is 0 Å². The lowest BCUT2D eigenvalue weighted by Crippen LogP contribution is -2.21. The summed E-state index contributed by atoms with van der Waals surface area (Å²) in [7, 11) is 0. The van der Waals surface area contributed by atoms with Crippen LogP contribution >= 0.6 is 23.4 Å². The van der Waals surface area contributed by atoms with Gasteiger partial charge in [-0.15, -0.1) is 0 Å². The first kappa shape index (κ1) is 14.4. The largest absolute Gasteiger partial charge is 0.444 e. The van der Waals surface area contributed by atoms with Gasteiger partial charge in [0.15, 0.2) is 0 Å². The Hall–Kier alpha value is -0.970. The molecule has 1 aromatic heterocycles. The van der Waals surface area contributed by atoms with Gasteiger partial charge in [0.2, 0.25) is 5.89 Å². The van der Waals surface area contributed by atoms with Crippen molar-refractivity contribution in [1.82, 2.24) is 4.98 Å². The minimum absolute atomic E-state index is 0.254. The average Bonchev–Trinajstić information content (AvgIpc) is 2.87. The van der Waals surface area contributed by atoms with E-state index in [4.69, 9.17) is 21.8 Å². The van der Waals surface area contributed by atoms with Gasteiger partial charge in [-0.05, 0) is 24.6 Å². The zero-order valence-electron chi connectivity index (χ0n) is 10.8. The third-order valence-corrected chi connectivity index (χ3v) is 4.13. The number of benzene rings is 1. The molecule has 3 nitrogen and oxygen atoms in total. The van der Waals surface area contributed by atoms with Crippen molar-refractivity contribution in [3.63, 3.8) is 0 Å². The molecule has 1 unspecified atom stereocenters. The maximum absolute atomic E-state index is 5.95. The Balaban J connectivity index is 1.95. The molecule has 0 saturated heterocycles. The highest BCUT2D eigenvalue weighted by Crippen LogP contribution is 2.23. The van der Waals surface area contributed by atoms with Crippen LogP contribution in [0.4, 0.5) is 0 Å². The Morgan fingerprint density at radius 1 is 1.47 bits per heavy atom. The maximum atomic E-state index is 5.95. The molecule has 0 aliphatic heterocycles. The molecule has 2 N–H and O–H groups in total. The SMILES string of the molecule is CCC(N)CSCc1coc(-c2cccc(Cl)c2)n1. The molecule has 1 atom stereocenters. The van der Waals surface area contributed by atoms with Gasteiger partial charge in [0.05, 0.1) is 5.69 Å². The van der Waals surface area contributed by atoms with Crippen LogP contribution in [0, 0.1) is 0 Å². The van der Waals surface area contributed by atoms with Gasteiger partial charge in [-0.1, -0.05) is 24.6 Å². The molecule has 0 spiro atoms. The fourth-order valence-electron chi connectivity index (χ4n) is 1.56. The Morgan fingerprint density at radius 3 is 3.05 bits per heavy atom. The van der Waals surface area contributed by atoms with Crippen LogP contribution in [0.15, 0.2) is 34.9 Å². The topological polar surface area (TPSA) is 52.0 Å². The predicted octanol–water partition coefficient (Wildman–Crippen LogP) is 3.97. The molecule has 1 aromatic carbocycles. The van der Waals surface area contributed by atoms with E-state index in [9.17, 15) is 0 Å². The minimum Gasteiger partial charge on any atom is -0.444 e. The van der Waals surface area contributed by atoms with Crippen LogP contribution in [-0.2, 0) is 5.75 Å². The summed E-state index contributed by atoms with van der Waals surface area (Å²) in [6, 6.07) is 7.75. The van der Waals surface area contributed by atoms with Gasteiger partial charge in [-0.2, -0.15) is 11.8 Å². The van der Waals surface area contributed by atoms with Crippen LogP contribution in [0.25, 0.3) is 11.5 Å². The third kappa shape index (κ3) is 4.27. The van der Waals surface area contributed by atoms with Gasteiger partial charge >= 0.3 is 0 Å². The molecular formula is C14H17ClN2OS. The molecule has 5 heteroatoms. The van der Waals surface area contributed by atoms with E-state index in [2.05, 4.69) is 11.9 Å². The van der Waals surface area contributed by atoms with Crippen molar-refractivity contribution in [1.29, 1.82) is 0 Å². The second kappa shape index (κ2) is 6.98. The predicted molar refractivity (Wildman–Crippen MR) is 81.4 cm³/mol. The number of hydrogen-bond acceptors (Lipinski definition) is 4. The molecule has 19 heavy (non-hydrogen) atoms. The molecule has 0 fully saturated rings. The number of thioether (sulfide) groups is 1. The second-order valence-electron chi connectivity index (χ2n) is 4.34. The molecule has 0 radical (unpaired) electrons. The first-order chi connectivity index (χ1) is 9.19. The van der Waals surface area contributed by atoms with Crippen LogP contribution < -0.4 is 5.73 Å². The highest BCUT2D eigenvalue weighted by molar-refractivity contribution is 7.98. The number of halogens is 1. The van der Waals surface area contributed by atoms with Crippen molar-refractivity contribution < 1.29 is 4.42 Å². The summed E-state index contributed by atoms with van der Waals surface area (Å²) in [6.07, 6.45) is 2.69. The van der Waals surface area contributed by atoms with Crippen LogP contribution in [0.1, 0.15) is 19.0 Å². The van der Waals surface area contributed by atoms with Crippen LogP contribution in [0.5, 0.6) is 0 Å². The highest BCUT2D eigenvalue weighted by Gasteiger charge is 2.08. The lowest BCUT2D eigenvalue weighted by Gasteiger charge is -2.05. The fraction of sp³-hybridized carbons (Fsp3) is 0.357. The van der Waals surface area contributed by atoms with E-state index in [0.29, 0.717) is 10.9 Å². The van der Waals surface area contributed by atoms with Crippen LogP contribution in [-0.4, -0.2) is 16.8 Å². The summed E-state index contributed by atoms with van der Waals surface area (Å²) in [6.45, 7) is 2.10. The van der Waals surface area contributed by atoms with E-state index >= 15 is 0 Å². The van der Waals surface area contributed by atoms with Crippen molar-refractivity contribution in [3.05, 3.63) is 41.2 Å². The minimum atomic E-state index is 0.254. The molecule has 102 valence electrons. The van der Waals surface area contributed by atoms with Gasteiger partial charge in [-0.3, -0.25) is 0 Å². The number of hydrogen-bond donors (Lipinski definition) is 1. The zero-order valence-corrected chi connectivity index (χ0v) is 12.4. The molecule has 0 amide bonds. The quantitative estimate of drug-likeness (QED) is 0.876. The normalized spacial score (nSPS) is 12.6. The lowest BCUT2D eigenvalue weighted by molar-refractivity contribution is 0.573. The summed E-state index contributed by atoms with van der Waals surface area (Å²) in [5, 5.41) is 0.681. The molecular weight excluding hydrogens is 280 g/mol. The van der Waals surface area contributed by atoms with E-state index in [-0.39, 0.29) is 6.04 Å². The van der Waals surface area contributed by atoms with Crippen molar-refractivity contribution in [2.45, 2.75) is 25.1 Å². The molecule has 0 bridgehead atoms. The Bertz CT molecular complexity index is 530. The Labute approximate surface area is 122 Å². The van der Waals surface area contributed by atoms with Crippen LogP contribution in [0.2, 0.25) is 5.02 Å². The third-order valence-electron chi connectivity index (χ3n) is 2.73. The first-order valence-electron chi connectivity index (χ1n) is 6.22. The van der Waals surface area contributed by atoms with E-state index in [1.54, 1.807) is 18.0 Å². The van der Waals surface area contributed by atoms with Crippen molar-refractivity contribution in [2.75, 3.05) is 5.75 Å². The fourth-order valence-corrected chi connectivity index (χ4v) is 2.75. The first-order valence-corrected chi connectivity index (χ1v) is 7.76. The molecule has 0 aliphatic carbocycles. The summed E-state index contributed by atoms with van der Waals surface area (Å²) < 4.78 is 5.48. The van der Waals surface area contributed by atoms with E-state index in [0.717, 1.165) is 29.2 Å². The summed E-state index contributed by atoms with van der Waals surface area (Å²) in [4.78, 5) is 4.46. The van der Waals surface area contributed by atoms with Crippen molar-refractivity contribution >= 4 is 23.4 Å².